The normalized spacial score (nSPS) is 19.2. The highest BCUT2D eigenvalue weighted by Gasteiger charge is 2.26. The first kappa shape index (κ1) is 15.0. The van der Waals surface area contributed by atoms with Crippen LogP contribution in [0.1, 0.15) is 29.6 Å². The predicted octanol–water partition coefficient (Wildman–Crippen LogP) is 3.52. The second-order valence-corrected chi connectivity index (χ2v) is 5.01. The third-order valence-electron chi connectivity index (χ3n) is 3.39. The summed E-state index contributed by atoms with van der Waals surface area (Å²) in [7, 11) is 0. The number of hydrogen-bond donors (Lipinski definition) is 0. The van der Waals surface area contributed by atoms with Gasteiger partial charge in [-0.15, -0.1) is 11.6 Å². The van der Waals surface area contributed by atoms with Crippen molar-refractivity contribution in [2.45, 2.75) is 31.9 Å². The molecule has 0 spiro atoms. The Morgan fingerprint density at radius 1 is 1.35 bits per heavy atom. The highest BCUT2D eigenvalue weighted by Crippen LogP contribution is 2.22. The number of alkyl halides is 3. The number of carbonyl (C=O) groups excluding carboxylic acids is 1. The summed E-state index contributed by atoms with van der Waals surface area (Å²) in [6.07, 6.45) is 2.94. The molecule has 0 N–H and O–H groups in total. The molecule has 1 aliphatic rings. The summed E-state index contributed by atoms with van der Waals surface area (Å²) in [4.78, 5) is 14.1. The summed E-state index contributed by atoms with van der Waals surface area (Å²) in [5.41, 5.74) is 0.462. The fourth-order valence-corrected chi connectivity index (χ4v) is 2.69. The van der Waals surface area contributed by atoms with Gasteiger partial charge in [0.25, 0.3) is 5.91 Å². The minimum atomic E-state index is -2.86. The maximum Gasteiger partial charge on any atom is 0.387 e. The summed E-state index contributed by atoms with van der Waals surface area (Å²) in [5.74, 6) is 0.348. The number of amides is 1. The average Bonchev–Trinajstić information content (AvgIpc) is 2.46. The van der Waals surface area contributed by atoms with E-state index in [0.29, 0.717) is 18.0 Å². The van der Waals surface area contributed by atoms with Crippen LogP contribution < -0.4 is 4.74 Å². The predicted molar refractivity (Wildman–Crippen MR) is 72.5 cm³/mol. The molecule has 0 bridgehead atoms. The number of halogens is 3. The molecule has 0 radical (unpaired) electrons. The van der Waals surface area contributed by atoms with Crippen molar-refractivity contribution in [3.8, 4) is 5.75 Å². The molecule has 2 rings (SSSR count). The van der Waals surface area contributed by atoms with Crippen LogP contribution in [0.15, 0.2) is 24.3 Å². The van der Waals surface area contributed by atoms with E-state index in [2.05, 4.69) is 4.74 Å². The number of rotatable bonds is 4. The van der Waals surface area contributed by atoms with E-state index in [1.54, 1.807) is 4.90 Å². The maximum atomic E-state index is 12.4. The lowest BCUT2D eigenvalue weighted by Gasteiger charge is -2.34. The zero-order valence-electron chi connectivity index (χ0n) is 10.9. The van der Waals surface area contributed by atoms with Crippen molar-refractivity contribution in [2.24, 2.45) is 0 Å². The van der Waals surface area contributed by atoms with Crippen LogP contribution in [0.3, 0.4) is 0 Å². The van der Waals surface area contributed by atoms with Gasteiger partial charge in [-0.05, 0) is 43.5 Å². The molecular formula is C14H16ClF2NO2. The number of benzene rings is 1. The number of likely N-dealkylation sites (tertiary alicyclic amines) is 1. The molecule has 0 aliphatic carbocycles. The quantitative estimate of drug-likeness (QED) is 0.797. The minimum absolute atomic E-state index is 0.0455. The van der Waals surface area contributed by atoms with Crippen LogP contribution in [-0.4, -0.2) is 35.9 Å². The van der Waals surface area contributed by atoms with Gasteiger partial charge < -0.3 is 9.64 Å². The summed E-state index contributed by atoms with van der Waals surface area (Å²) in [5, 5.41) is 0. The van der Waals surface area contributed by atoms with Gasteiger partial charge in [0, 0.05) is 24.0 Å². The molecule has 0 saturated carbocycles. The Balaban J connectivity index is 2.08. The topological polar surface area (TPSA) is 29.5 Å². The van der Waals surface area contributed by atoms with Crippen LogP contribution in [0.25, 0.3) is 0 Å². The Labute approximate surface area is 121 Å². The Morgan fingerprint density at radius 2 is 2.05 bits per heavy atom. The summed E-state index contributed by atoms with van der Waals surface area (Å²) in [6, 6.07) is 5.80. The van der Waals surface area contributed by atoms with Gasteiger partial charge in [0.05, 0.1) is 0 Å². The molecule has 1 unspecified atom stereocenters. The molecule has 110 valence electrons. The van der Waals surface area contributed by atoms with Gasteiger partial charge >= 0.3 is 6.61 Å². The SMILES string of the molecule is O=C(c1ccc(OC(F)F)cc1)N1CCCCC1CCl. The Hall–Kier alpha value is -1.36. The highest BCUT2D eigenvalue weighted by atomic mass is 35.5. The molecule has 1 aliphatic heterocycles. The third-order valence-corrected chi connectivity index (χ3v) is 3.75. The van der Waals surface area contributed by atoms with E-state index >= 15 is 0 Å². The van der Waals surface area contributed by atoms with Crippen molar-refractivity contribution in [3.05, 3.63) is 29.8 Å². The fraction of sp³-hybridized carbons (Fsp3) is 0.500. The van der Waals surface area contributed by atoms with E-state index in [0.717, 1.165) is 19.3 Å². The number of nitrogens with zero attached hydrogens (tertiary/aromatic N) is 1. The van der Waals surface area contributed by atoms with Crippen LogP contribution >= 0.6 is 11.6 Å². The molecule has 1 amide bonds. The monoisotopic (exact) mass is 303 g/mol. The molecule has 1 heterocycles. The molecule has 6 heteroatoms. The first-order valence-electron chi connectivity index (χ1n) is 6.53. The molecule has 1 atom stereocenters. The molecule has 3 nitrogen and oxygen atoms in total. The van der Waals surface area contributed by atoms with Gasteiger partial charge in [0.2, 0.25) is 0 Å². The lowest BCUT2D eigenvalue weighted by Crippen LogP contribution is -2.44. The zero-order chi connectivity index (χ0) is 14.5. The second-order valence-electron chi connectivity index (χ2n) is 4.71. The lowest BCUT2D eigenvalue weighted by molar-refractivity contribution is -0.0498. The van der Waals surface area contributed by atoms with Crippen molar-refractivity contribution >= 4 is 17.5 Å². The van der Waals surface area contributed by atoms with Crippen LogP contribution in [0.5, 0.6) is 5.75 Å². The fourth-order valence-electron chi connectivity index (χ4n) is 2.37. The van der Waals surface area contributed by atoms with Crippen molar-refractivity contribution < 1.29 is 18.3 Å². The van der Waals surface area contributed by atoms with Crippen LogP contribution in [0.2, 0.25) is 0 Å². The highest BCUT2D eigenvalue weighted by molar-refractivity contribution is 6.18. The smallest absolute Gasteiger partial charge is 0.387 e. The standard InChI is InChI=1S/C14H16ClF2NO2/c15-9-11-3-1-2-8-18(11)13(19)10-4-6-12(7-5-10)20-14(16)17/h4-7,11,14H,1-3,8-9H2. The molecule has 1 fully saturated rings. The Bertz CT molecular complexity index is 453. The van der Waals surface area contributed by atoms with Gasteiger partial charge in [-0.2, -0.15) is 8.78 Å². The van der Waals surface area contributed by atoms with Gasteiger partial charge in [0.1, 0.15) is 5.75 Å². The molecular weight excluding hydrogens is 288 g/mol. The van der Waals surface area contributed by atoms with Crippen LogP contribution in [-0.2, 0) is 0 Å². The van der Waals surface area contributed by atoms with E-state index in [1.807, 2.05) is 0 Å². The zero-order valence-corrected chi connectivity index (χ0v) is 11.7. The summed E-state index contributed by atoms with van der Waals surface area (Å²) in [6.45, 7) is -2.18. The van der Waals surface area contributed by atoms with E-state index in [1.165, 1.54) is 24.3 Å². The molecule has 20 heavy (non-hydrogen) atoms. The van der Waals surface area contributed by atoms with Gasteiger partial charge in [-0.1, -0.05) is 0 Å². The van der Waals surface area contributed by atoms with Crippen LogP contribution in [0, 0.1) is 0 Å². The Morgan fingerprint density at radius 3 is 2.65 bits per heavy atom. The summed E-state index contributed by atoms with van der Waals surface area (Å²) < 4.78 is 28.4. The van der Waals surface area contributed by atoms with Crippen molar-refractivity contribution in [3.63, 3.8) is 0 Å². The first-order valence-corrected chi connectivity index (χ1v) is 7.07. The van der Waals surface area contributed by atoms with Gasteiger partial charge in [0.15, 0.2) is 0 Å². The van der Waals surface area contributed by atoms with E-state index in [9.17, 15) is 13.6 Å². The van der Waals surface area contributed by atoms with E-state index in [-0.39, 0.29) is 17.7 Å². The number of piperidine rings is 1. The van der Waals surface area contributed by atoms with Crippen molar-refractivity contribution in [1.29, 1.82) is 0 Å². The number of hydrogen-bond acceptors (Lipinski definition) is 2. The Kier molecular flexibility index (Phi) is 5.17. The third kappa shape index (κ3) is 3.60. The van der Waals surface area contributed by atoms with E-state index < -0.39 is 6.61 Å². The average molecular weight is 304 g/mol. The molecule has 1 aromatic carbocycles. The second kappa shape index (κ2) is 6.88. The van der Waals surface area contributed by atoms with Gasteiger partial charge in [-0.25, -0.2) is 0 Å². The molecule has 0 aromatic heterocycles. The molecule has 1 aromatic rings. The van der Waals surface area contributed by atoms with Crippen LogP contribution in [0.4, 0.5) is 8.78 Å². The van der Waals surface area contributed by atoms with Crippen molar-refractivity contribution in [1.82, 2.24) is 4.90 Å². The number of carbonyl (C=O) groups is 1. The molecule has 1 saturated heterocycles. The maximum absolute atomic E-state index is 12.4. The largest absolute Gasteiger partial charge is 0.435 e. The number of ether oxygens (including phenoxy) is 1. The van der Waals surface area contributed by atoms with Crippen molar-refractivity contribution in [2.75, 3.05) is 12.4 Å². The van der Waals surface area contributed by atoms with Gasteiger partial charge in [-0.3, -0.25) is 4.79 Å². The lowest BCUT2D eigenvalue weighted by atomic mass is 10.0. The minimum Gasteiger partial charge on any atom is -0.435 e. The first-order chi connectivity index (χ1) is 9.61. The summed E-state index contributed by atoms with van der Waals surface area (Å²) >= 11 is 5.89. The van der Waals surface area contributed by atoms with E-state index in [4.69, 9.17) is 11.6 Å².